The number of nitrogen functional groups attached to an aromatic ring is 1. The van der Waals surface area contributed by atoms with Crippen LogP contribution in [0.5, 0.6) is 0 Å². The molecule has 110 valence electrons. The fourth-order valence-corrected chi connectivity index (χ4v) is 2.75. The fourth-order valence-electron chi connectivity index (χ4n) is 2.75. The standard InChI is InChI=1S/C15H18N4O2/c16-14-10-6-5-9(7-12(10)17-8-18-14)15(21)19-11-3-1-2-4-13(11)20/h5-8,11,13,20H,1-4H2,(H,19,21)(H2,16,17,18)/t11-,13-/m1/s1. The molecule has 21 heavy (non-hydrogen) atoms. The minimum absolute atomic E-state index is 0.169. The molecule has 1 amide bonds. The molecule has 4 N–H and O–H groups in total. The number of carbonyl (C=O) groups is 1. The summed E-state index contributed by atoms with van der Waals surface area (Å²) in [7, 11) is 0. The first-order chi connectivity index (χ1) is 10.1. The van der Waals surface area contributed by atoms with Crippen molar-refractivity contribution in [3.05, 3.63) is 30.1 Å². The van der Waals surface area contributed by atoms with Gasteiger partial charge in [-0.05, 0) is 31.0 Å². The number of carbonyl (C=O) groups excluding carboxylic acids is 1. The maximum absolute atomic E-state index is 12.3. The topological polar surface area (TPSA) is 101 Å². The molecule has 0 unspecified atom stereocenters. The van der Waals surface area contributed by atoms with Gasteiger partial charge in [-0.1, -0.05) is 12.8 Å². The molecule has 1 saturated carbocycles. The largest absolute Gasteiger partial charge is 0.391 e. The highest BCUT2D eigenvalue weighted by molar-refractivity contribution is 5.99. The Labute approximate surface area is 122 Å². The molecule has 1 aliphatic rings. The number of nitrogens with one attached hydrogen (secondary N) is 1. The quantitative estimate of drug-likeness (QED) is 0.771. The van der Waals surface area contributed by atoms with Gasteiger partial charge in [-0.15, -0.1) is 0 Å². The summed E-state index contributed by atoms with van der Waals surface area (Å²) >= 11 is 0. The minimum Gasteiger partial charge on any atom is -0.391 e. The lowest BCUT2D eigenvalue weighted by Crippen LogP contribution is -2.45. The third-order valence-electron chi connectivity index (χ3n) is 3.98. The van der Waals surface area contributed by atoms with E-state index in [1.54, 1.807) is 18.2 Å². The Morgan fingerprint density at radius 3 is 2.90 bits per heavy atom. The number of benzene rings is 1. The molecule has 2 atom stereocenters. The minimum atomic E-state index is -0.457. The monoisotopic (exact) mass is 286 g/mol. The van der Waals surface area contributed by atoms with Gasteiger partial charge >= 0.3 is 0 Å². The molecule has 0 saturated heterocycles. The Bertz CT molecular complexity index is 674. The smallest absolute Gasteiger partial charge is 0.251 e. The lowest BCUT2D eigenvalue weighted by Gasteiger charge is -2.28. The number of aromatic nitrogens is 2. The van der Waals surface area contributed by atoms with Crippen LogP contribution in [-0.4, -0.2) is 33.1 Å². The number of hydrogen-bond donors (Lipinski definition) is 3. The zero-order chi connectivity index (χ0) is 14.8. The first-order valence-electron chi connectivity index (χ1n) is 7.14. The number of amides is 1. The highest BCUT2D eigenvalue weighted by Gasteiger charge is 2.24. The van der Waals surface area contributed by atoms with E-state index in [-0.39, 0.29) is 11.9 Å². The van der Waals surface area contributed by atoms with Gasteiger partial charge in [0.25, 0.3) is 5.91 Å². The number of hydrogen-bond acceptors (Lipinski definition) is 5. The first kappa shape index (κ1) is 13.8. The molecule has 1 heterocycles. The van der Waals surface area contributed by atoms with E-state index in [2.05, 4.69) is 15.3 Å². The van der Waals surface area contributed by atoms with Crippen LogP contribution in [0.1, 0.15) is 36.0 Å². The summed E-state index contributed by atoms with van der Waals surface area (Å²) in [4.78, 5) is 20.3. The highest BCUT2D eigenvalue weighted by atomic mass is 16.3. The molecular weight excluding hydrogens is 268 g/mol. The molecule has 1 aromatic heterocycles. The number of anilines is 1. The molecule has 1 aromatic carbocycles. The van der Waals surface area contributed by atoms with E-state index in [0.717, 1.165) is 31.1 Å². The van der Waals surface area contributed by atoms with Crippen molar-refractivity contribution in [3.63, 3.8) is 0 Å². The van der Waals surface area contributed by atoms with Crippen LogP contribution in [-0.2, 0) is 0 Å². The van der Waals surface area contributed by atoms with E-state index in [1.165, 1.54) is 6.33 Å². The van der Waals surface area contributed by atoms with Gasteiger partial charge in [0.15, 0.2) is 0 Å². The number of nitrogens with two attached hydrogens (primary N) is 1. The molecule has 0 bridgehead atoms. The lowest BCUT2D eigenvalue weighted by molar-refractivity contribution is 0.0717. The Balaban J connectivity index is 1.81. The number of rotatable bonds is 2. The van der Waals surface area contributed by atoms with Crippen molar-refractivity contribution >= 4 is 22.6 Å². The Kier molecular flexibility index (Phi) is 3.70. The normalized spacial score (nSPS) is 22.1. The predicted molar refractivity (Wildman–Crippen MR) is 79.7 cm³/mol. The Hall–Kier alpha value is -2.21. The van der Waals surface area contributed by atoms with Crippen molar-refractivity contribution in [1.82, 2.24) is 15.3 Å². The van der Waals surface area contributed by atoms with E-state index in [0.29, 0.717) is 16.9 Å². The van der Waals surface area contributed by atoms with Crippen molar-refractivity contribution in [2.45, 2.75) is 37.8 Å². The zero-order valence-electron chi connectivity index (χ0n) is 11.6. The van der Waals surface area contributed by atoms with Gasteiger partial charge in [0.2, 0.25) is 0 Å². The second-order valence-electron chi connectivity index (χ2n) is 5.42. The third kappa shape index (κ3) is 2.80. The van der Waals surface area contributed by atoms with Crippen LogP contribution in [0.25, 0.3) is 10.9 Å². The SMILES string of the molecule is Nc1ncnc2cc(C(=O)N[C@@H]3CCCC[C@H]3O)ccc12. The zero-order valence-corrected chi connectivity index (χ0v) is 11.6. The van der Waals surface area contributed by atoms with Crippen LogP contribution < -0.4 is 11.1 Å². The van der Waals surface area contributed by atoms with Gasteiger partial charge in [-0.25, -0.2) is 9.97 Å². The van der Waals surface area contributed by atoms with E-state index in [1.807, 2.05) is 0 Å². The van der Waals surface area contributed by atoms with Gasteiger partial charge in [-0.2, -0.15) is 0 Å². The Morgan fingerprint density at radius 2 is 2.10 bits per heavy atom. The summed E-state index contributed by atoms with van der Waals surface area (Å²) in [5.41, 5.74) is 6.92. The average molecular weight is 286 g/mol. The maximum atomic E-state index is 12.3. The molecule has 0 spiro atoms. The summed E-state index contributed by atoms with van der Waals surface area (Å²) in [6.45, 7) is 0. The molecule has 3 rings (SSSR count). The number of nitrogens with zero attached hydrogens (tertiary/aromatic N) is 2. The molecule has 6 nitrogen and oxygen atoms in total. The Morgan fingerprint density at radius 1 is 1.29 bits per heavy atom. The molecule has 1 aliphatic carbocycles. The van der Waals surface area contributed by atoms with Crippen molar-refractivity contribution in [2.75, 3.05) is 5.73 Å². The second-order valence-corrected chi connectivity index (χ2v) is 5.42. The fraction of sp³-hybridized carbons (Fsp3) is 0.400. The lowest BCUT2D eigenvalue weighted by atomic mass is 9.92. The van der Waals surface area contributed by atoms with Crippen molar-refractivity contribution < 1.29 is 9.90 Å². The number of aliphatic hydroxyl groups excluding tert-OH is 1. The van der Waals surface area contributed by atoms with Crippen LogP contribution in [0.2, 0.25) is 0 Å². The number of fused-ring (bicyclic) bond motifs is 1. The van der Waals surface area contributed by atoms with Gasteiger partial charge in [0, 0.05) is 10.9 Å². The van der Waals surface area contributed by atoms with Crippen molar-refractivity contribution in [1.29, 1.82) is 0 Å². The van der Waals surface area contributed by atoms with Crippen LogP contribution in [0, 0.1) is 0 Å². The van der Waals surface area contributed by atoms with Gasteiger partial charge in [-0.3, -0.25) is 4.79 Å². The average Bonchev–Trinajstić information content (AvgIpc) is 2.49. The first-order valence-corrected chi connectivity index (χ1v) is 7.14. The van der Waals surface area contributed by atoms with Crippen LogP contribution in [0.4, 0.5) is 5.82 Å². The van der Waals surface area contributed by atoms with Gasteiger partial charge in [0.05, 0.1) is 17.7 Å². The van der Waals surface area contributed by atoms with Crippen LogP contribution in [0.15, 0.2) is 24.5 Å². The number of aliphatic hydroxyl groups is 1. The third-order valence-corrected chi connectivity index (χ3v) is 3.98. The summed E-state index contributed by atoms with van der Waals surface area (Å²) in [6.07, 6.45) is 4.52. The molecule has 2 aromatic rings. The summed E-state index contributed by atoms with van der Waals surface area (Å²) in [5, 5.41) is 13.6. The molecule has 1 fully saturated rings. The molecular formula is C15H18N4O2. The van der Waals surface area contributed by atoms with Crippen LogP contribution in [0.3, 0.4) is 0 Å². The molecule has 0 aliphatic heterocycles. The van der Waals surface area contributed by atoms with E-state index in [4.69, 9.17) is 5.73 Å². The molecule has 0 radical (unpaired) electrons. The summed E-state index contributed by atoms with van der Waals surface area (Å²) in [6, 6.07) is 4.97. The molecule has 6 heteroatoms. The van der Waals surface area contributed by atoms with Gasteiger partial charge in [0.1, 0.15) is 12.1 Å². The summed E-state index contributed by atoms with van der Waals surface area (Å²) in [5.74, 6) is 0.203. The van der Waals surface area contributed by atoms with E-state index < -0.39 is 6.10 Å². The van der Waals surface area contributed by atoms with Crippen molar-refractivity contribution in [3.8, 4) is 0 Å². The maximum Gasteiger partial charge on any atom is 0.251 e. The van der Waals surface area contributed by atoms with Crippen LogP contribution >= 0.6 is 0 Å². The van der Waals surface area contributed by atoms with E-state index >= 15 is 0 Å². The van der Waals surface area contributed by atoms with Crippen molar-refractivity contribution in [2.24, 2.45) is 0 Å². The van der Waals surface area contributed by atoms with E-state index in [9.17, 15) is 9.90 Å². The second kappa shape index (κ2) is 5.65. The van der Waals surface area contributed by atoms with Gasteiger partial charge < -0.3 is 16.2 Å². The highest BCUT2D eigenvalue weighted by Crippen LogP contribution is 2.20. The predicted octanol–water partition coefficient (Wildman–Crippen LogP) is 1.25. The summed E-state index contributed by atoms with van der Waals surface area (Å²) < 4.78 is 0.